The fourth-order valence-corrected chi connectivity index (χ4v) is 2.68. The molecule has 2 rings (SSSR count). The van der Waals surface area contributed by atoms with Crippen molar-refractivity contribution in [3.8, 4) is 0 Å². The number of aliphatic hydroxyl groups is 1. The monoisotopic (exact) mass is 264 g/mol. The van der Waals surface area contributed by atoms with Gasteiger partial charge in [-0.25, -0.2) is 0 Å². The average Bonchev–Trinajstić information content (AvgIpc) is 2.40. The lowest BCUT2D eigenvalue weighted by Gasteiger charge is -2.58. The number of rotatable bonds is 6. The fourth-order valence-electron chi connectivity index (χ4n) is 2.68. The van der Waals surface area contributed by atoms with E-state index < -0.39 is 5.60 Å². The molecule has 4 nitrogen and oxygen atoms in total. The molecule has 106 valence electrons. The first-order valence-corrected chi connectivity index (χ1v) is 6.93. The molecule has 1 heterocycles. The number of hydrogen-bond donors (Lipinski definition) is 2. The predicted octanol–water partition coefficient (Wildman–Crippen LogP) is 1.74. The second-order valence-electron chi connectivity index (χ2n) is 5.86. The summed E-state index contributed by atoms with van der Waals surface area (Å²) in [7, 11) is 0. The van der Waals surface area contributed by atoms with Crippen molar-refractivity contribution in [2.45, 2.75) is 45.4 Å². The highest BCUT2D eigenvalue weighted by Crippen LogP contribution is 2.50. The summed E-state index contributed by atoms with van der Waals surface area (Å²) in [5.41, 5.74) is 0.297. The molecule has 1 aliphatic rings. The van der Waals surface area contributed by atoms with Gasteiger partial charge in [0.05, 0.1) is 11.7 Å². The Morgan fingerprint density at radius 2 is 2.11 bits per heavy atom. The van der Waals surface area contributed by atoms with Gasteiger partial charge in [0.1, 0.15) is 0 Å². The van der Waals surface area contributed by atoms with E-state index in [0.29, 0.717) is 19.6 Å². The van der Waals surface area contributed by atoms with E-state index in [-0.39, 0.29) is 11.5 Å². The number of pyridine rings is 1. The Balaban J connectivity index is 1.83. The maximum absolute atomic E-state index is 10.7. The standard InChI is InChI=1S/C15H24N2O2/c1-4-19-13-9-15(18,14(13,2)3)11-17-10-12-5-7-16-8-6-12/h5-8,13,17-18H,4,9-11H2,1-3H3. The van der Waals surface area contributed by atoms with Crippen molar-refractivity contribution in [3.05, 3.63) is 30.1 Å². The number of ether oxygens (including phenoxy) is 1. The van der Waals surface area contributed by atoms with Crippen LogP contribution in [0.3, 0.4) is 0 Å². The summed E-state index contributed by atoms with van der Waals surface area (Å²) in [6.45, 7) is 8.19. The lowest BCUT2D eigenvalue weighted by molar-refractivity contribution is -0.238. The van der Waals surface area contributed by atoms with E-state index in [4.69, 9.17) is 4.74 Å². The molecule has 1 saturated carbocycles. The third kappa shape index (κ3) is 2.81. The molecule has 2 unspecified atom stereocenters. The quantitative estimate of drug-likeness (QED) is 0.821. The zero-order valence-corrected chi connectivity index (χ0v) is 12.0. The summed E-state index contributed by atoms with van der Waals surface area (Å²) < 4.78 is 5.66. The van der Waals surface area contributed by atoms with E-state index in [1.54, 1.807) is 12.4 Å². The second kappa shape index (κ2) is 5.57. The molecule has 0 bridgehead atoms. The SMILES string of the molecule is CCOC1CC(O)(CNCc2ccncc2)C1(C)C. The van der Waals surface area contributed by atoms with Crippen molar-refractivity contribution < 1.29 is 9.84 Å². The molecule has 2 N–H and O–H groups in total. The van der Waals surface area contributed by atoms with Crippen LogP contribution in [0.25, 0.3) is 0 Å². The van der Waals surface area contributed by atoms with Gasteiger partial charge in [-0.1, -0.05) is 13.8 Å². The summed E-state index contributed by atoms with van der Waals surface area (Å²) in [5.74, 6) is 0. The van der Waals surface area contributed by atoms with Crippen molar-refractivity contribution in [2.75, 3.05) is 13.2 Å². The maximum atomic E-state index is 10.7. The van der Waals surface area contributed by atoms with Crippen LogP contribution < -0.4 is 5.32 Å². The van der Waals surface area contributed by atoms with E-state index in [1.165, 1.54) is 5.56 Å². The van der Waals surface area contributed by atoms with Crippen LogP contribution in [0.2, 0.25) is 0 Å². The third-order valence-corrected chi connectivity index (χ3v) is 4.39. The van der Waals surface area contributed by atoms with E-state index in [2.05, 4.69) is 24.1 Å². The molecule has 19 heavy (non-hydrogen) atoms. The summed E-state index contributed by atoms with van der Waals surface area (Å²) in [5, 5.41) is 14.0. The Morgan fingerprint density at radius 3 is 2.68 bits per heavy atom. The van der Waals surface area contributed by atoms with Crippen molar-refractivity contribution in [3.63, 3.8) is 0 Å². The van der Waals surface area contributed by atoms with E-state index in [0.717, 1.165) is 6.54 Å². The van der Waals surface area contributed by atoms with Gasteiger partial charge in [0, 0.05) is 43.9 Å². The minimum Gasteiger partial charge on any atom is -0.388 e. The van der Waals surface area contributed by atoms with Crippen molar-refractivity contribution in [2.24, 2.45) is 5.41 Å². The van der Waals surface area contributed by atoms with Gasteiger partial charge in [0.25, 0.3) is 0 Å². The Bertz CT molecular complexity index is 408. The summed E-state index contributed by atoms with van der Waals surface area (Å²) >= 11 is 0. The molecule has 0 aliphatic heterocycles. The van der Waals surface area contributed by atoms with Crippen LogP contribution in [0.15, 0.2) is 24.5 Å². The number of aromatic nitrogens is 1. The molecular formula is C15H24N2O2. The number of hydrogen-bond acceptors (Lipinski definition) is 4. The zero-order chi connectivity index (χ0) is 13.9. The first-order chi connectivity index (χ1) is 8.99. The van der Waals surface area contributed by atoms with Crippen LogP contribution in [-0.2, 0) is 11.3 Å². The highest BCUT2D eigenvalue weighted by molar-refractivity contribution is 5.13. The lowest BCUT2D eigenvalue weighted by Crippen LogP contribution is -2.68. The minimum atomic E-state index is -0.681. The van der Waals surface area contributed by atoms with Gasteiger partial charge in [-0.15, -0.1) is 0 Å². The average molecular weight is 264 g/mol. The smallest absolute Gasteiger partial charge is 0.0871 e. The van der Waals surface area contributed by atoms with Gasteiger partial charge in [0.2, 0.25) is 0 Å². The molecule has 0 aromatic carbocycles. The van der Waals surface area contributed by atoms with Crippen LogP contribution in [0.4, 0.5) is 0 Å². The first-order valence-electron chi connectivity index (χ1n) is 6.93. The third-order valence-electron chi connectivity index (χ3n) is 4.39. The van der Waals surface area contributed by atoms with Crippen LogP contribution in [0, 0.1) is 5.41 Å². The summed E-state index contributed by atoms with van der Waals surface area (Å²) in [4.78, 5) is 3.99. The Labute approximate surface area is 115 Å². The van der Waals surface area contributed by atoms with Crippen molar-refractivity contribution >= 4 is 0 Å². The maximum Gasteiger partial charge on any atom is 0.0871 e. The van der Waals surface area contributed by atoms with Crippen LogP contribution >= 0.6 is 0 Å². The molecule has 2 atom stereocenters. The zero-order valence-electron chi connectivity index (χ0n) is 12.0. The van der Waals surface area contributed by atoms with Gasteiger partial charge < -0.3 is 15.2 Å². The largest absolute Gasteiger partial charge is 0.388 e. The van der Waals surface area contributed by atoms with Gasteiger partial charge in [0.15, 0.2) is 0 Å². The lowest BCUT2D eigenvalue weighted by atomic mass is 9.56. The highest BCUT2D eigenvalue weighted by Gasteiger charge is 2.59. The van der Waals surface area contributed by atoms with Gasteiger partial charge >= 0.3 is 0 Å². The van der Waals surface area contributed by atoms with Crippen LogP contribution in [-0.4, -0.2) is 34.9 Å². The molecule has 1 aromatic rings. The highest BCUT2D eigenvalue weighted by atomic mass is 16.5. The molecule has 0 amide bonds. The van der Waals surface area contributed by atoms with Gasteiger partial charge in [-0.05, 0) is 24.6 Å². The van der Waals surface area contributed by atoms with Crippen molar-refractivity contribution in [1.82, 2.24) is 10.3 Å². The van der Waals surface area contributed by atoms with Crippen LogP contribution in [0.1, 0.15) is 32.8 Å². The van der Waals surface area contributed by atoms with Gasteiger partial charge in [-0.3, -0.25) is 4.98 Å². The molecule has 0 saturated heterocycles. The minimum absolute atomic E-state index is 0.158. The first kappa shape index (κ1) is 14.4. The Hall–Kier alpha value is -0.970. The van der Waals surface area contributed by atoms with Gasteiger partial charge in [-0.2, -0.15) is 0 Å². The molecular weight excluding hydrogens is 240 g/mol. The van der Waals surface area contributed by atoms with E-state index in [9.17, 15) is 5.11 Å². The van der Waals surface area contributed by atoms with E-state index in [1.807, 2.05) is 19.1 Å². The molecule has 0 spiro atoms. The summed E-state index contributed by atoms with van der Waals surface area (Å²) in [6, 6.07) is 3.96. The number of nitrogens with one attached hydrogen (secondary N) is 1. The topological polar surface area (TPSA) is 54.4 Å². The second-order valence-corrected chi connectivity index (χ2v) is 5.86. The van der Waals surface area contributed by atoms with E-state index >= 15 is 0 Å². The summed E-state index contributed by atoms with van der Waals surface area (Å²) in [6.07, 6.45) is 4.43. The Morgan fingerprint density at radius 1 is 1.42 bits per heavy atom. The fraction of sp³-hybridized carbons (Fsp3) is 0.667. The molecule has 0 radical (unpaired) electrons. The molecule has 1 aromatic heterocycles. The van der Waals surface area contributed by atoms with Crippen LogP contribution in [0.5, 0.6) is 0 Å². The molecule has 1 fully saturated rings. The number of nitrogens with zero attached hydrogens (tertiary/aromatic N) is 1. The predicted molar refractivity (Wildman–Crippen MR) is 74.7 cm³/mol. The Kier molecular flexibility index (Phi) is 4.23. The van der Waals surface area contributed by atoms with Crippen molar-refractivity contribution in [1.29, 1.82) is 0 Å². The molecule has 1 aliphatic carbocycles. The normalized spacial score (nSPS) is 28.9. The molecule has 4 heteroatoms.